The Hall–Kier alpha value is -1.55. The summed E-state index contributed by atoms with van der Waals surface area (Å²) in [5.74, 6) is -0.878. The van der Waals surface area contributed by atoms with Gasteiger partial charge in [-0.15, -0.1) is 0 Å². The van der Waals surface area contributed by atoms with Gasteiger partial charge in [0.15, 0.2) is 0 Å². The summed E-state index contributed by atoms with van der Waals surface area (Å²) in [6, 6.07) is 7.47. The predicted octanol–water partition coefficient (Wildman–Crippen LogP) is 1.33. The Labute approximate surface area is 82.5 Å². The summed E-state index contributed by atoms with van der Waals surface area (Å²) in [7, 11) is 1.61. The fourth-order valence-electron chi connectivity index (χ4n) is 1.14. The van der Waals surface area contributed by atoms with Crippen LogP contribution >= 0.6 is 0 Å². The van der Waals surface area contributed by atoms with Crippen LogP contribution in [0.15, 0.2) is 24.3 Å². The van der Waals surface area contributed by atoms with E-state index in [1.807, 2.05) is 24.3 Å². The second kappa shape index (κ2) is 5.24. The second-order valence-electron chi connectivity index (χ2n) is 2.84. The molecule has 0 aliphatic carbocycles. The first-order valence-electron chi connectivity index (χ1n) is 4.26. The number of ether oxygens (including phenoxy) is 1. The number of aliphatic carboxylic acids is 1. The molecule has 0 amide bonds. The fraction of sp³-hybridized carbons (Fsp3) is 0.300. The van der Waals surface area contributed by atoms with E-state index in [4.69, 9.17) is 9.84 Å². The van der Waals surface area contributed by atoms with Gasteiger partial charge in [0.25, 0.3) is 0 Å². The number of carboxylic acids is 1. The lowest BCUT2D eigenvalue weighted by atomic mass is 10.2. The molecule has 0 saturated heterocycles. The topological polar surface area (TPSA) is 58.6 Å². The summed E-state index contributed by atoms with van der Waals surface area (Å²) < 4.78 is 4.99. The SMILES string of the molecule is COCc1ccccc1NCC(=O)O. The van der Waals surface area contributed by atoms with Crippen molar-refractivity contribution in [2.45, 2.75) is 6.61 Å². The van der Waals surface area contributed by atoms with Gasteiger partial charge in [-0.2, -0.15) is 0 Å². The molecule has 1 rings (SSSR count). The number of para-hydroxylation sites is 1. The highest BCUT2D eigenvalue weighted by atomic mass is 16.5. The quantitative estimate of drug-likeness (QED) is 0.744. The maximum Gasteiger partial charge on any atom is 0.322 e. The van der Waals surface area contributed by atoms with Crippen molar-refractivity contribution in [3.63, 3.8) is 0 Å². The van der Waals surface area contributed by atoms with E-state index in [1.54, 1.807) is 7.11 Å². The van der Waals surface area contributed by atoms with Crippen molar-refractivity contribution in [2.24, 2.45) is 0 Å². The van der Waals surface area contributed by atoms with Gasteiger partial charge in [-0.3, -0.25) is 4.79 Å². The van der Waals surface area contributed by atoms with E-state index in [9.17, 15) is 4.79 Å². The zero-order chi connectivity index (χ0) is 10.4. The van der Waals surface area contributed by atoms with Crippen LogP contribution < -0.4 is 5.32 Å². The van der Waals surface area contributed by atoms with Crippen LogP contribution in [0.25, 0.3) is 0 Å². The summed E-state index contributed by atoms with van der Waals surface area (Å²) in [4.78, 5) is 10.3. The van der Waals surface area contributed by atoms with E-state index in [1.165, 1.54) is 0 Å². The van der Waals surface area contributed by atoms with Crippen LogP contribution in [0.4, 0.5) is 5.69 Å². The van der Waals surface area contributed by atoms with Gasteiger partial charge in [-0.1, -0.05) is 18.2 Å². The van der Waals surface area contributed by atoms with Crippen LogP contribution in [0.3, 0.4) is 0 Å². The van der Waals surface area contributed by atoms with Crippen LogP contribution in [0.1, 0.15) is 5.56 Å². The summed E-state index contributed by atoms with van der Waals surface area (Å²) in [6.07, 6.45) is 0. The molecule has 4 heteroatoms. The van der Waals surface area contributed by atoms with Crippen LogP contribution in [-0.4, -0.2) is 24.7 Å². The summed E-state index contributed by atoms with van der Waals surface area (Å²) in [5.41, 5.74) is 1.76. The normalized spacial score (nSPS) is 9.79. The van der Waals surface area contributed by atoms with Gasteiger partial charge in [0.2, 0.25) is 0 Å². The summed E-state index contributed by atoms with van der Waals surface area (Å²) >= 11 is 0. The number of hydrogen-bond donors (Lipinski definition) is 2. The fourth-order valence-corrected chi connectivity index (χ4v) is 1.14. The van der Waals surface area contributed by atoms with E-state index >= 15 is 0 Å². The molecule has 0 heterocycles. The molecule has 14 heavy (non-hydrogen) atoms. The summed E-state index contributed by atoms with van der Waals surface area (Å²) in [6.45, 7) is 0.392. The number of carboxylic acid groups (broad SMARTS) is 1. The standard InChI is InChI=1S/C10H13NO3/c1-14-7-8-4-2-3-5-9(8)11-6-10(12)13/h2-5,11H,6-7H2,1H3,(H,12,13). The number of anilines is 1. The Morgan fingerprint density at radius 3 is 2.86 bits per heavy atom. The van der Waals surface area contributed by atoms with E-state index < -0.39 is 5.97 Å². The minimum Gasteiger partial charge on any atom is -0.480 e. The number of rotatable bonds is 5. The number of hydrogen-bond acceptors (Lipinski definition) is 3. The largest absolute Gasteiger partial charge is 0.480 e. The van der Waals surface area contributed by atoms with Gasteiger partial charge in [0.05, 0.1) is 6.61 Å². The number of nitrogens with one attached hydrogen (secondary N) is 1. The minimum absolute atomic E-state index is 0.0826. The average molecular weight is 195 g/mol. The highest BCUT2D eigenvalue weighted by Crippen LogP contribution is 2.15. The van der Waals surface area contributed by atoms with E-state index in [-0.39, 0.29) is 6.54 Å². The van der Waals surface area contributed by atoms with Crippen molar-refractivity contribution >= 4 is 11.7 Å². The van der Waals surface area contributed by atoms with Gasteiger partial charge >= 0.3 is 5.97 Å². The molecule has 0 fully saturated rings. The molecule has 1 aromatic rings. The molecule has 0 atom stereocenters. The summed E-state index contributed by atoms with van der Waals surface area (Å²) in [5, 5.41) is 11.3. The third kappa shape index (κ3) is 3.06. The first-order chi connectivity index (χ1) is 6.74. The van der Waals surface area contributed by atoms with Gasteiger partial charge in [0.1, 0.15) is 6.54 Å². The molecule has 0 bridgehead atoms. The molecule has 0 spiro atoms. The molecule has 0 aliphatic heterocycles. The maximum atomic E-state index is 10.3. The van der Waals surface area contributed by atoms with Gasteiger partial charge in [-0.25, -0.2) is 0 Å². The molecule has 76 valence electrons. The third-order valence-electron chi connectivity index (χ3n) is 1.75. The van der Waals surface area contributed by atoms with E-state index in [0.29, 0.717) is 6.61 Å². The maximum absolute atomic E-state index is 10.3. The van der Waals surface area contributed by atoms with Gasteiger partial charge < -0.3 is 15.2 Å². The Kier molecular flexibility index (Phi) is 3.94. The van der Waals surface area contributed by atoms with Gasteiger partial charge in [0, 0.05) is 18.4 Å². The van der Waals surface area contributed by atoms with E-state index in [2.05, 4.69) is 5.32 Å². The van der Waals surface area contributed by atoms with Crippen LogP contribution in [-0.2, 0) is 16.1 Å². The molecule has 0 saturated carbocycles. The lowest BCUT2D eigenvalue weighted by Gasteiger charge is -2.09. The zero-order valence-electron chi connectivity index (χ0n) is 7.99. The Balaban J connectivity index is 2.68. The van der Waals surface area contributed by atoms with Crippen molar-refractivity contribution in [3.05, 3.63) is 29.8 Å². The highest BCUT2D eigenvalue weighted by Gasteiger charge is 2.02. The lowest BCUT2D eigenvalue weighted by molar-refractivity contribution is -0.134. The van der Waals surface area contributed by atoms with Crippen LogP contribution in [0.2, 0.25) is 0 Å². The average Bonchev–Trinajstić information content (AvgIpc) is 2.17. The molecule has 1 aromatic carbocycles. The number of methoxy groups -OCH3 is 1. The van der Waals surface area contributed by atoms with Crippen LogP contribution in [0, 0.1) is 0 Å². The lowest BCUT2D eigenvalue weighted by Crippen LogP contribution is -2.13. The van der Waals surface area contributed by atoms with Crippen molar-refractivity contribution in [1.82, 2.24) is 0 Å². The monoisotopic (exact) mass is 195 g/mol. The molecule has 2 N–H and O–H groups in total. The second-order valence-corrected chi connectivity index (χ2v) is 2.84. The number of carbonyl (C=O) groups is 1. The zero-order valence-corrected chi connectivity index (χ0v) is 7.99. The Morgan fingerprint density at radius 2 is 2.21 bits per heavy atom. The first kappa shape index (κ1) is 10.5. The van der Waals surface area contributed by atoms with Gasteiger partial charge in [-0.05, 0) is 6.07 Å². The first-order valence-corrected chi connectivity index (χ1v) is 4.26. The van der Waals surface area contributed by atoms with Crippen molar-refractivity contribution in [2.75, 3.05) is 19.0 Å². The van der Waals surface area contributed by atoms with Crippen molar-refractivity contribution in [1.29, 1.82) is 0 Å². The molecule has 0 radical (unpaired) electrons. The predicted molar refractivity (Wildman–Crippen MR) is 53.3 cm³/mol. The molecule has 0 aliphatic rings. The molecular formula is C10H13NO3. The third-order valence-corrected chi connectivity index (χ3v) is 1.75. The molecular weight excluding hydrogens is 182 g/mol. The van der Waals surface area contributed by atoms with Crippen molar-refractivity contribution < 1.29 is 14.6 Å². The smallest absolute Gasteiger partial charge is 0.322 e. The van der Waals surface area contributed by atoms with Crippen molar-refractivity contribution in [3.8, 4) is 0 Å². The molecule has 0 aromatic heterocycles. The minimum atomic E-state index is -0.878. The molecule has 4 nitrogen and oxygen atoms in total. The van der Waals surface area contributed by atoms with Crippen LogP contribution in [0.5, 0.6) is 0 Å². The Morgan fingerprint density at radius 1 is 1.50 bits per heavy atom. The highest BCUT2D eigenvalue weighted by molar-refractivity contribution is 5.73. The van der Waals surface area contributed by atoms with E-state index in [0.717, 1.165) is 11.3 Å². The number of benzene rings is 1. The molecule has 0 unspecified atom stereocenters. The Bertz CT molecular complexity index is 312.